The van der Waals surface area contributed by atoms with Crippen molar-refractivity contribution in [2.24, 2.45) is 17.2 Å². The van der Waals surface area contributed by atoms with E-state index in [0.717, 1.165) is 0 Å². The number of carboxylic acids is 7. The second kappa shape index (κ2) is 34.6. The molecular weight excluding hydrogens is 1060 g/mol. The average Bonchev–Trinajstić information content (AvgIpc) is 3.34. The molecule has 1 aromatic carbocycles. The van der Waals surface area contributed by atoms with Crippen LogP contribution in [0.4, 0.5) is 0 Å². The lowest BCUT2D eigenvalue weighted by Crippen LogP contribution is -2.61. The molecule has 0 aliphatic heterocycles. The first-order valence-corrected chi connectivity index (χ1v) is 23.9. The summed E-state index contributed by atoms with van der Waals surface area (Å²) in [7, 11) is 0. The van der Waals surface area contributed by atoms with Crippen LogP contribution in [0.2, 0.25) is 0 Å². The van der Waals surface area contributed by atoms with Crippen molar-refractivity contribution in [3.05, 3.63) is 29.8 Å². The molecule has 34 heteroatoms. The third-order valence-electron chi connectivity index (χ3n) is 10.9. The fourth-order valence-corrected chi connectivity index (χ4v) is 6.97. The Hall–Kier alpha value is -9.05. The summed E-state index contributed by atoms with van der Waals surface area (Å²) < 4.78 is 0. The molecule has 0 saturated carbocycles. The standard InChI is InChI=1S/C45H65N11O23/c46-11-3-1-5-23(49-39(72)25(13-20-7-9-21(57)10-8-20)51-37(70)22(48)14-31(58)59)38(71)52-27(16-33(62)63)41(74)54-29(18-35(66)67)43(76)56-30(19-36(68)69)44(77)55-28(17-34(64)65)42(75)53-26(15-32(60)61)40(73)50-24(45(78)79)6-2-4-12-47/h7-10,22-30,57H,1-6,11-19,46-48H2,(H,49,72)(H,50,73)(H,51,70)(H,52,71)(H,53,75)(H,54,74)(H,55,77)(H,56,76)(H,58,59)(H,60,61)(H,62,63)(H,64,65)(H,66,67)(H,68,69)(H,78,79)/t22-,23-,24-,25-,26-,27-,28-,29-,30-/m0/s1. The molecule has 0 fully saturated rings. The number of amides is 8. The van der Waals surface area contributed by atoms with Crippen molar-refractivity contribution in [2.45, 2.75) is 138 Å². The molecule has 438 valence electrons. The van der Waals surface area contributed by atoms with Crippen LogP contribution in [0.25, 0.3) is 0 Å². The van der Waals surface area contributed by atoms with Gasteiger partial charge >= 0.3 is 41.8 Å². The summed E-state index contributed by atoms with van der Waals surface area (Å²) in [5.41, 5.74) is 17.0. The van der Waals surface area contributed by atoms with E-state index in [1.54, 1.807) is 0 Å². The number of phenolic OH excluding ortho intramolecular Hbond substituents is 1. The number of rotatable bonds is 39. The van der Waals surface area contributed by atoms with Crippen molar-refractivity contribution in [3.8, 4) is 5.75 Å². The zero-order chi connectivity index (χ0) is 60.1. The molecular formula is C45H65N11O23. The lowest BCUT2D eigenvalue weighted by atomic mass is 10.0. The highest BCUT2D eigenvalue weighted by molar-refractivity contribution is 6.01. The van der Waals surface area contributed by atoms with Crippen LogP contribution in [0.3, 0.4) is 0 Å². The maximum Gasteiger partial charge on any atom is 0.326 e. The first-order valence-electron chi connectivity index (χ1n) is 23.9. The number of unbranched alkanes of at least 4 members (excludes halogenated alkanes) is 2. The molecule has 0 saturated heterocycles. The molecule has 0 spiro atoms. The molecule has 9 atom stereocenters. The molecule has 0 aliphatic rings. The highest BCUT2D eigenvalue weighted by Gasteiger charge is 2.37. The van der Waals surface area contributed by atoms with Crippen molar-refractivity contribution in [1.82, 2.24) is 42.5 Å². The summed E-state index contributed by atoms with van der Waals surface area (Å²) in [6.07, 6.45) is -7.55. The molecule has 8 amide bonds. The minimum absolute atomic E-state index is 0.0668. The van der Waals surface area contributed by atoms with Gasteiger partial charge in [0.1, 0.15) is 54.1 Å². The van der Waals surface area contributed by atoms with E-state index in [9.17, 15) is 108 Å². The number of nitrogens with one attached hydrogen (secondary N) is 8. The Morgan fingerprint density at radius 3 is 0.924 bits per heavy atom. The second-order valence-corrected chi connectivity index (χ2v) is 17.5. The van der Waals surface area contributed by atoms with E-state index in [1.807, 2.05) is 26.6 Å². The highest BCUT2D eigenvalue weighted by Crippen LogP contribution is 2.13. The largest absolute Gasteiger partial charge is 0.508 e. The predicted molar refractivity (Wildman–Crippen MR) is 262 cm³/mol. The Kier molecular flexibility index (Phi) is 29.7. The first-order chi connectivity index (χ1) is 37.0. The fourth-order valence-electron chi connectivity index (χ4n) is 6.97. The van der Waals surface area contributed by atoms with E-state index in [-0.39, 0.29) is 57.4 Å². The number of carbonyl (C=O) groups is 15. The third kappa shape index (κ3) is 27.0. The third-order valence-corrected chi connectivity index (χ3v) is 10.9. The maximum absolute atomic E-state index is 13.9. The van der Waals surface area contributed by atoms with Gasteiger partial charge in [-0.15, -0.1) is 0 Å². The fraction of sp³-hybridized carbons (Fsp3) is 0.533. The van der Waals surface area contributed by atoms with Crippen molar-refractivity contribution in [3.63, 3.8) is 0 Å². The Labute approximate surface area is 447 Å². The molecule has 1 rings (SSSR count). The first kappa shape index (κ1) is 68.0. The van der Waals surface area contributed by atoms with Gasteiger partial charge < -0.3 is 101 Å². The minimum atomic E-state index is -2.38. The number of nitrogens with two attached hydrogens (primary N) is 3. The zero-order valence-electron chi connectivity index (χ0n) is 42.0. The summed E-state index contributed by atoms with van der Waals surface area (Å²) in [4.78, 5) is 190. The van der Waals surface area contributed by atoms with Crippen molar-refractivity contribution in [1.29, 1.82) is 0 Å². The second-order valence-electron chi connectivity index (χ2n) is 17.5. The monoisotopic (exact) mass is 1130 g/mol. The quantitative estimate of drug-likeness (QED) is 0.0273. The van der Waals surface area contributed by atoms with Gasteiger partial charge in [0.15, 0.2) is 0 Å². The van der Waals surface area contributed by atoms with Gasteiger partial charge in [-0.05, 0) is 69.3 Å². The van der Waals surface area contributed by atoms with Crippen LogP contribution in [-0.4, -0.2) is 197 Å². The molecule has 0 radical (unpaired) electrons. The van der Waals surface area contributed by atoms with Crippen LogP contribution in [0.15, 0.2) is 24.3 Å². The number of hydrogen-bond acceptors (Lipinski definition) is 19. The molecule has 1 aromatic rings. The smallest absolute Gasteiger partial charge is 0.326 e. The van der Waals surface area contributed by atoms with Crippen molar-refractivity contribution in [2.75, 3.05) is 13.1 Å². The lowest BCUT2D eigenvalue weighted by Gasteiger charge is -2.27. The van der Waals surface area contributed by atoms with E-state index < -0.39 is 182 Å². The van der Waals surface area contributed by atoms with Crippen LogP contribution in [0.1, 0.15) is 82.6 Å². The zero-order valence-corrected chi connectivity index (χ0v) is 42.0. The van der Waals surface area contributed by atoms with Gasteiger partial charge in [0, 0.05) is 6.42 Å². The van der Waals surface area contributed by atoms with Gasteiger partial charge in [-0.1, -0.05) is 12.1 Å². The molecule has 34 nitrogen and oxygen atoms in total. The molecule has 0 bridgehead atoms. The molecule has 0 heterocycles. The van der Waals surface area contributed by atoms with Gasteiger partial charge in [-0.25, -0.2) is 4.79 Å². The van der Waals surface area contributed by atoms with E-state index in [1.165, 1.54) is 24.3 Å². The van der Waals surface area contributed by atoms with Crippen LogP contribution in [-0.2, 0) is 78.3 Å². The molecule has 0 unspecified atom stereocenters. The molecule has 0 aromatic heterocycles. The summed E-state index contributed by atoms with van der Waals surface area (Å²) in [5.74, 6) is -23.7. The number of carboxylic acid groups (broad SMARTS) is 7. The summed E-state index contributed by atoms with van der Waals surface area (Å²) in [6, 6.07) is -12.8. The predicted octanol–water partition coefficient (Wildman–Crippen LogP) is -6.67. The van der Waals surface area contributed by atoms with Gasteiger partial charge in [0.25, 0.3) is 0 Å². The Morgan fingerprint density at radius 2 is 0.620 bits per heavy atom. The number of phenols is 1. The van der Waals surface area contributed by atoms with Crippen LogP contribution >= 0.6 is 0 Å². The Morgan fingerprint density at radius 1 is 0.354 bits per heavy atom. The summed E-state index contributed by atoms with van der Waals surface area (Å²) in [6.45, 7) is 0.222. The van der Waals surface area contributed by atoms with Gasteiger partial charge in [0.05, 0.1) is 44.6 Å². The summed E-state index contributed by atoms with van der Waals surface area (Å²) in [5, 5.41) is 92.4. The van der Waals surface area contributed by atoms with Crippen LogP contribution in [0.5, 0.6) is 5.75 Å². The number of hydrogen-bond donors (Lipinski definition) is 19. The van der Waals surface area contributed by atoms with Crippen molar-refractivity contribution < 1.29 is 113 Å². The number of aliphatic carboxylic acids is 7. The average molecular weight is 1130 g/mol. The van der Waals surface area contributed by atoms with Crippen LogP contribution in [0, 0.1) is 0 Å². The topological polar surface area (TPSA) is 592 Å². The van der Waals surface area contributed by atoms with Gasteiger partial charge in [0.2, 0.25) is 47.3 Å². The van der Waals surface area contributed by atoms with E-state index >= 15 is 0 Å². The number of aromatic hydroxyl groups is 1. The lowest BCUT2D eigenvalue weighted by molar-refractivity contribution is -0.145. The van der Waals surface area contributed by atoms with Crippen LogP contribution < -0.4 is 59.7 Å². The summed E-state index contributed by atoms with van der Waals surface area (Å²) >= 11 is 0. The Bertz CT molecular complexity index is 2390. The van der Waals surface area contributed by atoms with E-state index in [0.29, 0.717) is 12.0 Å². The van der Waals surface area contributed by atoms with Gasteiger partial charge in [-0.3, -0.25) is 67.1 Å². The highest BCUT2D eigenvalue weighted by atomic mass is 16.4. The normalized spacial score (nSPS) is 14.2. The SMILES string of the molecule is NCCCC[C@H](NC(=O)[C@H](CC(=O)O)NC(=O)[C@H](CC(=O)O)NC(=O)[C@H](CC(=O)O)NC(=O)[C@H](CC(=O)O)NC(=O)[C@H](CC(=O)O)NC(=O)[C@H](CCCCN)NC(=O)[C@H](Cc1ccc(O)cc1)NC(=O)[C@@H](N)CC(=O)O)C(=O)O. The van der Waals surface area contributed by atoms with Gasteiger partial charge in [-0.2, -0.15) is 0 Å². The molecule has 0 aliphatic carbocycles. The number of benzene rings is 1. The van der Waals surface area contributed by atoms with E-state index in [4.69, 9.17) is 22.3 Å². The molecule has 79 heavy (non-hydrogen) atoms. The van der Waals surface area contributed by atoms with Crippen molar-refractivity contribution >= 4 is 89.0 Å². The maximum atomic E-state index is 13.9. The Balaban J connectivity index is 3.54. The minimum Gasteiger partial charge on any atom is -0.508 e. The van der Waals surface area contributed by atoms with E-state index in [2.05, 4.69) is 16.0 Å². The number of carbonyl (C=O) groups excluding carboxylic acids is 8. The molecule has 22 N–H and O–H groups in total.